The quantitative estimate of drug-likeness (QED) is 0.847. The van der Waals surface area contributed by atoms with E-state index in [1.54, 1.807) is 12.1 Å². The van der Waals surface area contributed by atoms with E-state index < -0.39 is 0 Å². The molecule has 4 rings (SSSR count). The van der Waals surface area contributed by atoms with Gasteiger partial charge < -0.3 is 9.64 Å². The second-order valence-electron chi connectivity index (χ2n) is 6.49. The molecule has 1 fully saturated rings. The van der Waals surface area contributed by atoms with E-state index in [0.717, 1.165) is 30.9 Å². The van der Waals surface area contributed by atoms with Crippen LogP contribution in [0.2, 0.25) is 0 Å². The minimum atomic E-state index is -0.327. The molecule has 2 heterocycles. The van der Waals surface area contributed by atoms with Crippen LogP contribution in [0.15, 0.2) is 36.4 Å². The van der Waals surface area contributed by atoms with Gasteiger partial charge in [0, 0.05) is 25.6 Å². The first kappa shape index (κ1) is 15.1. The third-order valence-corrected chi connectivity index (χ3v) is 4.53. The molecule has 2 aliphatic rings. The van der Waals surface area contributed by atoms with Crippen molar-refractivity contribution in [2.75, 3.05) is 13.1 Å². The van der Waals surface area contributed by atoms with Crippen LogP contribution in [0, 0.1) is 11.7 Å². The number of halogens is 1. The van der Waals surface area contributed by atoms with Crippen LogP contribution in [-0.4, -0.2) is 28.9 Å². The van der Waals surface area contributed by atoms with Gasteiger partial charge in [-0.2, -0.15) is 0 Å². The van der Waals surface area contributed by atoms with E-state index in [9.17, 15) is 9.18 Å². The highest BCUT2D eigenvalue weighted by Crippen LogP contribution is 2.31. The van der Waals surface area contributed by atoms with Gasteiger partial charge in [0.05, 0.1) is 17.0 Å². The summed E-state index contributed by atoms with van der Waals surface area (Å²) >= 11 is 0. The number of pyridine rings is 1. The fraction of sp³-hybridized carbons (Fsp3) is 0.368. The molecule has 0 atom stereocenters. The topological polar surface area (TPSA) is 42.4 Å². The molecule has 0 radical (unpaired) electrons. The predicted molar refractivity (Wildman–Crippen MR) is 87.3 cm³/mol. The maximum atomic E-state index is 13.2. The fourth-order valence-corrected chi connectivity index (χ4v) is 3.03. The summed E-state index contributed by atoms with van der Waals surface area (Å²) in [5.74, 6) is 0.934. The molecule has 0 saturated heterocycles. The van der Waals surface area contributed by atoms with E-state index in [2.05, 4.69) is 4.98 Å². The highest BCUT2D eigenvalue weighted by atomic mass is 19.1. The number of carbonyl (C=O) groups excluding carboxylic acids is 1. The van der Waals surface area contributed by atoms with Gasteiger partial charge in [-0.05, 0) is 43.0 Å². The van der Waals surface area contributed by atoms with Gasteiger partial charge in [0.25, 0.3) is 5.91 Å². The molecule has 1 aliphatic carbocycles. The number of ether oxygens (including phenoxy) is 1. The number of aromatic nitrogens is 1. The van der Waals surface area contributed by atoms with Gasteiger partial charge in [0.1, 0.15) is 18.2 Å². The maximum Gasteiger partial charge on any atom is 0.255 e. The molecular formula is C19H19FN2O2. The maximum absolute atomic E-state index is 13.2. The number of nitrogens with zero attached hydrogens (tertiary/aromatic N) is 2. The summed E-state index contributed by atoms with van der Waals surface area (Å²) in [5.41, 5.74) is 2.30. The van der Waals surface area contributed by atoms with Gasteiger partial charge in [0.2, 0.25) is 0 Å². The van der Waals surface area contributed by atoms with Crippen LogP contribution in [-0.2, 0) is 13.0 Å². The molecule has 4 nitrogen and oxygen atoms in total. The molecule has 1 aromatic heterocycles. The third-order valence-electron chi connectivity index (χ3n) is 4.53. The molecule has 0 bridgehead atoms. The van der Waals surface area contributed by atoms with Crippen LogP contribution >= 0.6 is 0 Å². The molecule has 24 heavy (non-hydrogen) atoms. The van der Waals surface area contributed by atoms with Gasteiger partial charge in [0.15, 0.2) is 0 Å². The molecule has 0 spiro atoms. The second kappa shape index (κ2) is 6.23. The lowest BCUT2D eigenvalue weighted by Crippen LogP contribution is -2.39. The number of rotatable bonds is 5. The third kappa shape index (κ3) is 3.25. The molecule has 124 valence electrons. The lowest BCUT2D eigenvalue weighted by Gasteiger charge is -2.28. The normalized spacial score (nSPS) is 16.9. The highest BCUT2D eigenvalue weighted by molar-refractivity contribution is 5.96. The Morgan fingerprint density at radius 2 is 2.12 bits per heavy atom. The molecule has 1 saturated carbocycles. The van der Waals surface area contributed by atoms with Gasteiger partial charge >= 0.3 is 0 Å². The van der Waals surface area contributed by atoms with Crippen molar-refractivity contribution in [3.63, 3.8) is 0 Å². The summed E-state index contributed by atoms with van der Waals surface area (Å²) in [6.45, 7) is 1.88. The zero-order valence-electron chi connectivity index (χ0n) is 13.4. The Labute approximate surface area is 140 Å². The van der Waals surface area contributed by atoms with E-state index in [1.165, 1.54) is 25.0 Å². The van der Waals surface area contributed by atoms with Gasteiger partial charge in [-0.1, -0.05) is 6.07 Å². The Morgan fingerprint density at radius 3 is 2.92 bits per heavy atom. The van der Waals surface area contributed by atoms with E-state index >= 15 is 0 Å². The summed E-state index contributed by atoms with van der Waals surface area (Å²) in [4.78, 5) is 19.0. The number of amides is 1. The van der Waals surface area contributed by atoms with Crippen molar-refractivity contribution in [2.24, 2.45) is 5.92 Å². The monoisotopic (exact) mass is 326 g/mol. The zero-order chi connectivity index (χ0) is 16.5. The van der Waals surface area contributed by atoms with Crippen LogP contribution in [0.3, 0.4) is 0 Å². The average molecular weight is 326 g/mol. The van der Waals surface area contributed by atoms with Crippen LogP contribution < -0.4 is 4.74 Å². The van der Waals surface area contributed by atoms with Crippen molar-refractivity contribution in [2.45, 2.75) is 25.9 Å². The van der Waals surface area contributed by atoms with E-state index in [-0.39, 0.29) is 18.3 Å². The molecular weight excluding hydrogens is 307 g/mol. The molecule has 5 heteroatoms. The summed E-state index contributed by atoms with van der Waals surface area (Å²) in [7, 11) is 0. The smallest absolute Gasteiger partial charge is 0.255 e. The Morgan fingerprint density at radius 1 is 1.25 bits per heavy atom. The van der Waals surface area contributed by atoms with Gasteiger partial charge in [-0.3, -0.25) is 9.78 Å². The molecule has 2 aromatic rings. The van der Waals surface area contributed by atoms with Crippen LogP contribution in [0.5, 0.6) is 5.75 Å². The Hall–Kier alpha value is -2.43. The molecule has 0 unspecified atom stereocenters. The largest absolute Gasteiger partial charge is 0.487 e. The first-order valence-electron chi connectivity index (χ1n) is 8.35. The van der Waals surface area contributed by atoms with E-state index in [4.69, 9.17) is 4.74 Å². The lowest BCUT2D eigenvalue weighted by molar-refractivity contribution is 0.0729. The van der Waals surface area contributed by atoms with Crippen molar-refractivity contribution in [3.05, 3.63) is 59.2 Å². The van der Waals surface area contributed by atoms with Crippen molar-refractivity contribution in [3.8, 4) is 5.75 Å². The second-order valence-corrected chi connectivity index (χ2v) is 6.49. The zero-order valence-corrected chi connectivity index (χ0v) is 13.4. The summed E-state index contributed by atoms with van der Waals surface area (Å²) in [5, 5.41) is 0. The number of benzene rings is 1. The standard InChI is InChI=1S/C19H19FN2O2/c20-14-2-1-3-16(10-14)24-12-15-6-7-17-18(21-15)8-9-22(19(17)23)11-13-4-5-13/h1-3,6-7,10,13H,4-5,8-9,11-12H2. The minimum absolute atomic E-state index is 0.0910. The number of carbonyl (C=O) groups is 1. The van der Waals surface area contributed by atoms with Crippen LogP contribution in [0.25, 0.3) is 0 Å². The minimum Gasteiger partial charge on any atom is -0.487 e. The van der Waals surface area contributed by atoms with E-state index in [1.807, 2.05) is 17.0 Å². The van der Waals surface area contributed by atoms with Crippen molar-refractivity contribution < 1.29 is 13.9 Å². The molecule has 1 aromatic carbocycles. The van der Waals surface area contributed by atoms with Crippen LogP contribution in [0.4, 0.5) is 4.39 Å². The van der Waals surface area contributed by atoms with Crippen LogP contribution in [0.1, 0.15) is 34.6 Å². The first-order chi connectivity index (χ1) is 11.7. The number of fused-ring (bicyclic) bond motifs is 1. The summed E-state index contributed by atoms with van der Waals surface area (Å²) < 4.78 is 18.7. The first-order valence-corrected chi connectivity index (χ1v) is 8.35. The van der Waals surface area contributed by atoms with Crippen molar-refractivity contribution in [1.82, 2.24) is 9.88 Å². The number of hydrogen-bond acceptors (Lipinski definition) is 3. The lowest BCUT2D eigenvalue weighted by atomic mass is 10.0. The van der Waals surface area contributed by atoms with Crippen molar-refractivity contribution >= 4 is 5.91 Å². The number of hydrogen-bond donors (Lipinski definition) is 0. The van der Waals surface area contributed by atoms with Gasteiger partial charge in [-0.15, -0.1) is 0 Å². The summed E-state index contributed by atoms with van der Waals surface area (Å²) in [6, 6.07) is 9.70. The highest BCUT2D eigenvalue weighted by Gasteiger charge is 2.31. The van der Waals surface area contributed by atoms with E-state index in [0.29, 0.717) is 17.2 Å². The fourth-order valence-electron chi connectivity index (χ4n) is 3.03. The predicted octanol–water partition coefficient (Wildman–Crippen LogP) is 3.21. The average Bonchev–Trinajstić information content (AvgIpc) is 3.40. The van der Waals surface area contributed by atoms with Crippen molar-refractivity contribution in [1.29, 1.82) is 0 Å². The Kier molecular flexibility index (Phi) is 3.92. The SMILES string of the molecule is O=C1c2ccc(COc3cccc(F)c3)nc2CCN1CC1CC1. The summed E-state index contributed by atoms with van der Waals surface area (Å²) in [6.07, 6.45) is 3.26. The Bertz CT molecular complexity index is 774. The Balaban J connectivity index is 1.44. The molecule has 0 N–H and O–H groups in total. The molecule has 1 aliphatic heterocycles. The van der Waals surface area contributed by atoms with Gasteiger partial charge in [-0.25, -0.2) is 4.39 Å². The molecule has 1 amide bonds.